The zero-order valence-electron chi connectivity index (χ0n) is 23.9. The molecule has 4 aliphatic carbocycles. The van der Waals surface area contributed by atoms with Gasteiger partial charge in [-0.1, -0.05) is 12.8 Å². The molecule has 0 aromatic heterocycles. The molecule has 222 valence electrons. The second kappa shape index (κ2) is 9.85. The molecule has 0 radical (unpaired) electrons. The quantitative estimate of drug-likeness (QED) is 0.273. The van der Waals surface area contributed by atoms with Crippen molar-refractivity contribution in [2.24, 2.45) is 17.6 Å². The Morgan fingerprint density at radius 1 is 1.07 bits per heavy atom. The number of hydrogen-bond acceptors (Lipinski definition) is 10. The zero-order chi connectivity index (χ0) is 30.2. The smallest absolute Gasteiger partial charge is 0.255 e. The van der Waals surface area contributed by atoms with Gasteiger partial charge in [0.1, 0.15) is 22.8 Å². The van der Waals surface area contributed by atoms with Gasteiger partial charge < -0.3 is 36.2 Å². The molecule has 0 unspecified atom stereocenters. The number of Topliss-reactive ketones (excluding diaryl/α,β-unsaturated/α-hetero) is 2. The number of aliphatic hydroxyl groups excluding tert-OH is 2. The number of carbonyl (C=O) groups is 3. The summed E-state index contributed by atoms with van der Waals surface area (Å²) in [5.41, 5.74) is 2.81. The Kier molecular flexibility index (Phi) is 6.99. The summed E-state index contributed by atoms with van der Waals surface area (Å²) in [5, 5.41) is 56.7. The van der Waals surface area contributed by atoms with Gasteiger partial charge in [-0.3, -0.25) is 19.3 Å². The fourth-order valence-electron chi connectivity index (χ4n) is 7.59. The van der Waals surface area contributed by atoms with Gasteiger partial charge in [0.15, 0.2) is 11.4 Å². The standard InChI is InChI=1S/C30H39N3O8/c1-32(2)18-13-14(7-10-29(40)8-5-6-9-29)23(34)20-16(18)11-15-12-17-22(33(3)4)25(36)21(28(31)39)27(38)30(17,41)26(37)19(15)24(20)35/h13,15,17,22,34-35,38,40-41H,5-12H2,1-4H3,(H2,31,39)/t15-,17-,22-,30-/m0/s1. The number of likely N-dealkylation sites (N-methyl/N-ethyl adjacent to an activating group) is 1. The number of benzene rings is 1. The van der Waals surface area contributed by atoms with Gasteiger partial charge in [-0.25, -0.2) is 0 Å². The fourth-order valence-corrected chi connectivity index (χ4v) is 7.59. The van der Waals surface area contributed by atoms with Crippen LogP contribution in [0, 0.1) is 11.8 Å². The predicted molar refractivity (Wildman–Crippen MR) is 150 cm³/mol. The number of phenols is 1. The third-order valence-electron chi connectivity index (χ3n) is 9.65. The van der Waals surface area contributed by atoms with Crippen LogP contribution in [0.1, 0.15) is 55.2 Å². The molecule has 0 heterocycles. The molecule has 4 aliphatic rings. The Labute approximate surface area is 238 Å². The summed E-state index contributed by atoms with van der Waals surface area (Å²) < 4.78 is 0. The molecule has 1 aromatic carbocycles. The van der Waals surface area contributed by atoms with Crippen molar-refractivity contribution in [2.75, 3.05) is 33.1 Å². The lowest BCUT2D eigenvalue weighted by Gasteiger charge is -2.50. The summed E-state index contributed by atoms with van der Waals surface area (Å²) in [6, 6.07) is 0.713. The van der Waals surface area contributed by atoms with E-state index in [9.17, 15) is 39.9 Å². The molecule has 7 N–H and O–H groups in total. The van der Waals surface area contributed by atoms with Gasteiger partial charge in [0.2, 0.25) is 5.78 Å². The number of nitrogens with two attached hydrogens (primary N) is 1. The summed E-state index contributed by atoms with van der Waals surface area (Å²) in [4.78, 5) is 42.8. The number of aromatic hydroxyl groups is 1. The number of aryl methyl sites for hydroxylation is 1. The van der Waals surface area contributed by atoms with Crippen molar-refractivity contribution >= 4 is 28.9 Å². The highest BCUT2D eigenvalue weighted by Crippen LogP contribution is 2.54. The van der Waals surface area contributed by atoms with Crippen molar-refractivity contribution in [1.29, 1.82) is 0 Å². The number of phenolic OH excluding ortho intramolecular Hbond substituents is 1. The van der Waals surface area contributed by atoms with Crippen LogP contribution in [0.2, 0.25) is 0 Å². The molecular formula is C30H39N3O8. The van der Waals surface area contributed by atoms with Crippen LogP contribution in [0.5, 0.6) is 5.75 Å². The van der Waals surface area contributed by atoms with Crippen molar-refractivity contribution < 1.29 is 39.9 Å². The van der Waals surface area contributed by atoms with E-state index in [0.717, 1.165) is 18.5 Å². The van der Waals surface area contributed by atoms with Crippen molar-refractivity contribution in [3.8, 4) is 5.75 Å². The first-order chi connectivity index (χ1) is 19.1. The third-order valence-corrected chi connectivity index (χ3v) is 9.65. The summed E-state index contributed by atoms with van der Waals surface area (Å²) in [5.74, 6) is -6.67. The van der Waals surface area contributed by atoms with Crippen LogP contribution in [0.3, 0.4) is 0 Å². The number of fused-ring (bicyclic) bond motifs is 3. The van der Waals surface area contributed by atoms with E-state index in [1.54, 1.807) is 14.1 Å². The predicted octanol–water partition coefficient (Wildman–Crippen LogP) is 1.27. The van der Waals surface area contributed by atoms with Crippen LogP contribution < -0.4 is 10.6 Å². The summed E-state index contributed by atoms with van der Waals surface area (Å²) in [6.45, 7) is 0. The van der Waals surface area contributed by atoms with Crippen LogP contribution in [-0.4, -0.2) is 93.3 Å². The molecule has 4 atom stereocenters. The lowest BCUT2D eigenvalue weighted by Crippen LogP contribution is -2.65. The molecule has 0 spiro atoms. The van der Waals surface area contributed by atoms with Gasteiger partial charge in [-0.2, -0.15) is 0 Å². The minimum absolute atomic E-state index is 0.0359. The maximum Gasteiger partial charge on any atom is 0.255 e. The van der Waals surface area contributed by atoms with Gasteiger partial charge in [-0.15, -0.1) is 0 Å². The van der Waals surface area contributed by atoms with E-state index in [1.807, 2.05) is 25.1 Å². The molecule has 11 nitrogen and oxygen atoms in total. The number of amides is 1. The van der Waals surface area contributed by atoms with E-state index in [0.29, 0.717) is 36.8 Å². The van der Waals surface area contributed by atoms with Gasteiger partial charge in [0.05, 0.1) is 17.2 Å². The maximum absolute atomic E-state index is 14.1. The second-order valence-corrected chi connectivity index (χ2v) is 12.5. The SMILES string of the molecule is CN(C)c1cc(CCC2(O)CCCC2)c(O)c2c1C[C@H]1C[C@H]3[C@H](N(C)C)C(=O)C(C(N)=O)=C(O)[C@@]3(O)C(=O)C1=C2O. The lowest BCUT2D eigenvalue weighted by atomic mass is 9.57. The molecule has 0 bridgehead atoms. The number of nitrogens with zero attached hydrogens (tertiary/aromatic N) is 2. The number of ketones is 2. The summed E-state index contributed by atoms with van der Waals surface area (Å²) in [6.07, 6.45) is 4.29. The highest BCUT2D eigenvalue weighted by molar-refractivity contribution is 6.24. The Balaban J connectivity index is 1.67. The molecule has 11 heteroatoms. The molecule has 5 rings (SSSR count). The number of hydrogen-bond donors (Lipinski definition) is 6. The minimum atomic E-state index is -2.67. The third kappa shape index (κ3) is 4.24. The second-order valence-electron chi connectivity index (χ2n) is 12.5. The molecular weight excluding hydrogens is 530 g/mol. The van der Waals surface area contributed by atoms with Gasteiger partial charge in [0.25, 0.3) is 5.91 Å². The normalized spacial score (nSPS) is 29.0. The topological polar surface area (TPSA) is 185 Å². The monoisotopic (exact) mass is 569 g/mol. The fraction of sp³-hybridized carbons (Fsp3) is 0.567. The average Bonchev–Trinajstić information content (AvgIpc) is 3.31. The number of primary amides is 1. The highest BCUT2D eigenvalue weighted by Gasteiger charge is 2.64. The van der Waals surface area contributed by atoms with Crippen molar-refractivity contribution in [2.45, 2.75) is 68.6 Å². The Hall–Kier alpha value is -3.41. The average molecular weight is 570 g/mol. The van der Waals surface area contributed by atoms with Crippen molar-refractivity contribution in [3.63, 3.8) is 0 Å². The Morgan fingerprint density at radius 2 is 1.71 bits per heavy atom. The maximum atomic E-state index is 14.1. The highest BCUT2D eigenvalue weighted by atomic mass is 16.3. The lowest BCUT2D eigenvalue weighted by molar-refractivity contribution is -0.153. The number of anilines is 1. The van der Waals surface area contributed by atoms with Gasteiger partial charge in [0, 0.05) is 31.3 Å². The van der Waals surface area contributed by atoms with E-state index < -0.39 is 63.6 Å². The number of carbonyl (C=O) groups excluding carboxylic acids is 3. The van der Waals surface area contributed by atoms with Crippen molar-refractivity contribution in [1.82, 2.24) is 4.90 Å². The molecule has 2 fully saturated rings. The first kappa shape index (κ1) is 29.1. The van der Waals surface area contributed by atoms with Crippen LogP contribution >= 0.6 is 0 Å². The first-order valence-corrected chi connectivity index (χ1v) is 14.1. The van der Waals surface area contributed by atoms with E-state index in [1.165, 1.54) is 4.90 Å². The van der Waals surface area contributed by atoms with Gasteiger partial charge >= 0.3 is 0 Å². The van der Waals surface area contributed by atoms with E-state index >= 15 is 0 Å². The summed E-state index contributed by atoms with van der Waals surface area (Å²) in [7, 11) is 6.80. The Bertz CT molecular complexity index is 1400. The van der Waals surface area contributed by atoms with Crippen LogP contribution in [-0.2, 0) is 27.2 Å². The summed E-state index contributed by atoms with van der Waals surface area (Å²) >= 11 is 0. The molecule has 0 aliphatic heterocycles. The molecule has 1 amide bonds. The van der Waals surface area contributed by atoms with Gasteiger partial charge in [-0.05, 0) is 75.7 Å². The molecule has 41 heavy (non-hydrogen) atoms. The minimum Gasteiger partial charge on any atom is -0.508 e. The zero-order valence-corrected chi connectivity index (χ0v) is 23.9. The first-order valence-electron chi connectivity index (χ1n) is 14.1. The van der Waals surface area contributed by atoms with Crippen LogP contribution in [0.4, 0.5) is 5.69 Å². The molecule has 2 saturated carbocycles. The molecule has 1 aromatic rings. The van der Waals surface area contributed by atoms with E-state index in [2.05, 4.69) is 0 Å². The largest absolute Gasteiger partial charge is 0.508 e. The Morgan fingerprint density at radius 3 is 2.27 bits per heavy atom. The van der Waals surface area contributed by atoms with Crippen LogP contribution in [0.15, 0.2) is 23.0 Å². The van der Waals surface area contributed by atoms with E-state index in [-0.39, 0.29) is 29.7 Å². The number of rotatable bonds is 6. The van der Waals surface area contributed by atoms with E-state index in [4.69, 9.17) is 5.73 Å². The molecule has 0 saturated heterocycles. The van der Waals surface area contributed by atoms with Crippen LogP contribution in [0.25, 0.3) is 5.76 Å². The van der Waals surface area contributed by atoms with Crippen molar-refractivity contribution in [3.05, 3.63) is 39.7 Å². The number of aliphatic hydroxyl groups is 4.